The lowest BCUT2D eigenvalue weighted by atomic mass is 9.87. The van der Waals surface area contributed by atoms with Gasteiger partial charge in [0.15, 0.2) is 0 Å². The molecule has 1 amide bonds. The predicted molar refractivity (Wildman–Crippen MR) is 102 cm³/mol. The lowest BCUT2D eigenvalue weighted by molar-refractivity contribution is -0.129. The quantitative estimate of drug-likeness (QED) is 0.547. The molecule has 0 spiro atoms. The zero-order valence-corrected chi connectivity index (χ0v) is 15.7. The summed E-state index contributed by atoms with van der Waals surface area (Å²) in [5.74, 6) is 0.731. The maximum atomic E-state index is 11.8. The van der Waals surface area contributed by atoms with Crippen molar-refractivity contribution in [3.63, 3.8) is 0 Å². The number of carbonyl (C=O) groups excluding carboxylic acids is 1. The Morgan fingerprint density at radius 2 is 1.71 bits per heavy atom. The fourth-order valence-electron chi connectivity index (χ4n) is 3.23. The van der Waals surface area contributed by atoms with Crippen LogP contribution in [0.5, 0.6) is 0 Å². The third kappa shape index (κ3) is 3.85. The molecule has 0 radical (unpaired) electrons. The maximum Gasteiger partial charge on any atom is 0.245 e. The van der Waals surface area contributed by atoms with Gasteiger partial charge in [0.05, 0.1) is 0 Å². The van der Waals surface area contributed by atoms with E-state index in [1.807, 2.05) is 23.9 Å². The Bertz CT molecular complexity index is 694. The van der Waals surface area contributed by atoms with Gasteiger partial charge in [0.1, 0.15) is 0 Å². The highest BCUT2D eigenvalue weighted by molar-refractivity contribution is 9.10. The van der Waals surface area contributed by atoms with Crippen LogP contribution in [-0.4, -0.2) is 16.9 Å². The molecule has 2 aromatic carbocycles. The van der Waals surface area contributed by atoms with Crippen LogP contribution in [-0.2, 0) is 9.54 Å². The van der Waals surface area contributed by atoms with Gasteiger partial charge in [-0.3, -0.25) is 10.0 Å². The molecule has 5 heteroatoms. The average Bonchev–Trinajstić information content (AvgIpc) is 2.63. The number of benzene rings is 2. The second-order valence-electron chi connectivity index (χ2n) is 6.10. The number of nitrogens with one attached hydrogen (secondary N) is 1. The van der Waals surface area contributed by atoms with Crippen molar-refractivity contribution < 1.29 is 10.0 Å². The lowest BCUT2D eigenvalue weighted by Gasteiger charge is -2.36. The molecule has 2 aromatic rings. The third-order valence-electron chi connectivity index (χ3n) is 4.51. The Kier molecular flexibility index (Phi) is 5.64. The van der Waals surface area contributed by atoms with Gasteiger partial charge in [-0.1, -0.05) is 58.7 Å². The number of halogens is 1. The Labute approximate surface area is 154 Å². The Morgan fingerprint density at radius 1 is 1.08 bits per heavy atom. The van der Waals surface area contributed by atoms with Crippen LogP contribution in [0.1, 0.15) is 31.2 Å². The summed E-state index contributed by atoms with van der Waals surface area (Å²) in [5.41, 5.74) is 5.29. The van der Waals surface area contributed by atoms with Gasteiger partial charge in [-0.2, -0.15) is 0 Å². The fourth-order valence-corrected chi connectivity index (χ4v) is 5.06. The molecule has 1 fully saturated rings. The summed E-state index contributed by atoms with van der Waals surface area (Å²) in [6, 6.07) is 16.7. The number of hydroxylamine groups is 1. The highest BCUT2D eigenvalue weighted by Gasteiger charge is 2.36. The molecule has 2 N–H and O–H groups in total. The van der Waals surface area contributed by atoms with E-state index in [0.717, 1.165) is 34.2 Å². The second kappa shape index (κ2) is 7.72. The topological polar surface area (TPSA) is 49.3 Å². The van der Waals surface area contributed by atoms with Crippen molar-refractivity contribution in [2.75, 3.05) is 5.75 Å². The molecule has 1 unspecified atom stereocenters. The minimum atomic E-state index is -0.318. The van der Waals surface area contributed by atoms with Crippen LogP contribution in [0.4, 0.5) is 0 Å². The molecule has 126 valence electrons. The molecule has 0 aliphatic carbocycles. The Morgan fingerprint density at radius 3 is 2.25 bits per heavy atom. The predicted octanol–water partition coefficient (Wildman–Crippen LogP) is 5.12. The first kappa shape index (κ1) is 17.5. The maximum absolute atomic E-state index is 11.8. The molecule has 1 atom stereocenters. The molecular formula is C19H20BrNO2S. The second-order valence-corrected chi connectivity index (χ2v) is 8.49. The molecule has 1 saturated heterocycles. The monoisotopic (exact) mass is 405 g/mol. The van der Waals surface area contributed by atoms with Gasteiger partial charge >= 0.3 is 0 Å². The summed E-state index contributed by atoms with van der Waals surface area (Å²) in [4.78, 5) is 11.8. The normalized spacial score (nSPS) is 20.6. The summed E-state index contributed by atoms with van der Waals surface area (Å²) in [7, 11) is 0. The minimum Gasteiger partial charge on any atom is -0.289 e. The summed E-state index contributed by atoms with van der Waals surface area (Å²) >= 11 is 5.29. The fraction of sp³-hybridized carbons (Fsp3) is 0.316. The highest BCUT2D eigenvalue weighted by Crippen LogP contribution is 2.47. The van der Waals surface area contributed by atoms with Crippen molar-refractivity contribution in [3.05, 3.63) is 58.6 Å². The van der Waals surface area contributed by atoms with E-state index >= 15 is 0 Å². The number of hydrogen-bond donors (Lipinski definition) is 2. The lowest BCUT2D eigenvalue weighted by Crippen LogP contribution is -2.33. The Hall–Kier alpha value is -1.30. The molecule has 0 aromatic heterocycles. The van der Waals surface area contributed by atoms with Crippen molar-refractivity contribution >= 4 is 33.6 Å². The summed E-state index contributed by atoms with van der Waals surface area (Å²) < 4.78 is 0.832. The number of amides is 1. The SMILES string of the molecule is O=C(CC1(c2ccc(-c3ccc(Br)cc3)cc2)CCCCS1)NO. The molecule has 3 rings (SSSR count). The average molecular weight is 406 g/mol. The summed E-state index contributed by atoms with van der Waals surface area (Å²) in [6.07, 6.45) is 3.57. The number of carbonyl (C=O) groups is 1. The molecule has 1 heterocycles. The first-order valence-corrected chi connectivity index (χ1v) is 9.84. The highest BCUT2D eigenvalue weighted by atomic mass is 79.9. The smallest absolute Gasteiger partial charge is 0.245 e. The van der Waals surface area contributed by atoms with Crippen LogP contribution in [0.25, 0.3) is 11.1 Å². The van der Waals surface area contributed by atoms with Crippen LogP contribution >= 0.6 is 27.7 Å². The van der Waals surface area contributed by atoms with E-state index in [0.29, 0.717) is 6.42 Å². The van der Waals surface area contributed by atoms with Crippen LogP contribution in [0.2, 0.25) is 0 Å². The van der Waals surface area contributed by atoms with E-state index in [1.165, 1.54) is 12.0 Å². The summed E-state index contributed by atoms with van der Waals surface area (Å²) in [5, 5.41) is 8.93. The minimum absolute atomic E-state index is 0.233. The number of rotatable bonds is 4. The van der Waals surface area contributed by atoms with Crippen molar-refractivity contribution in [2.45, 2.75) is 30.4 Å². The zero-order valence-electron chi connectivity index (χ0n) is 13.3. The van der Waals surface area contributed by atoms with Crippen molar-refractivity contribution in [1.82, 2.24) is 5.48 Å². The zero-order chi connectivity index (χ0) is 17.0. The van der Waals surface area contributed by atoms with Gasteiger partial charge in [-0.25, -0.2) is 5.48 Å². The van der Waals surface area contributed by atoms with Gasteiger partial charge in [-0.15, -0.1) is 11.8 Å². The molecule has 24 heavy (non-hydrogen) atoms. The summed E-state index contributed by atoms with van der Waals surface area (Å²) in [6.45, 7) is 0. The Balaban J connectivity index is 1.88. The van der Waals surface area contributed by atoms with Crippen LogP contribution in [0.15, 0.2) is 53.0 Å². The standard InChI is InChI=1S/C19H20BrNO2S/c20-17-9-5-15(6-10-17)14-3-7-16(8-4-14)19(13-18(22)21-23)11-1-2-12-24-19/h3-10,23H,1-2,11-13H2,(H,21,22). The van der Waals surface area contributed by atoms with Crippen LogP contribution in [0.3, 0.4) is 0 Å². The van der Waals surface area contributed by atoms with Crippen molar-refractivity contribution in [3.8, 4) is 11.1 Å². The molecule has 1 aliphatic heterocycles. The van der Waals surface area contributed by atoms with E-state index in [-0.39, 0.29) is 10.7 Å². The molecule has 0 saturated carbocycles. The first-order chi connectivity index (χ1) is 11.6. The molecule has 3 nitrogen and oxygen atoms in total. The van der Waals surface area contributed by atoms with Gasteiger partial charge in [0, 0.05) is 15.6 Å². The van der Waals surface area contributed by atoms with Crippen molar-refractivity contribution in [2.24, 2.45) is 0 Å². The van der Waals surface area contributed by atoms with Crippen LogP contribution in [0, 0.1) is 0 Å². The van der Waals surface area contributed by atoms with Crippen LogP contribution < -0.4 is 5.48 Å². The van der Waals surface area contributed by atoms with Gasteiger partial charge in [0.25, 0.3) is 0 Å². The van der Waals surface area contributed by atoms with Gasteiger partial charge in [-0.05, 0) is 47.4 Å². The molecule has 0 bridgehead atoms. The van der Waals surface area contributed by atoms with E-state index < -0.39 is 0 Å². The van der Waals surface area contributed by atoms with E-state index in [2.05, 4.69) is 52.3 Å². The number of thioether (sulfide) groups is 1. The molecular weight excluding hydrogens is 386 g/mol. The molecule has 1 aliphatic rings. The van der Waals surface area contributed by atoms with Crippen molar-refractivity contribution in [1.29, 1.82) is 0 Å². The van der Waals surface area contributed by atoms with E-state index in [4.69, 9.17) is 5.21 Å². The first-order valence-electron chi connectivity index (χ1n) is 8.06. The van der Waals surface area contributed by atoms with Gasteiger partial charge < -0.3 is 0 Å². The van der Waals surface area contributed by atoms with Gasteiger partial charge in [0.2, 0.25) is 5.91 Å². The largest absolute Gasteiger partial charge is 0.289 e. The number of hydrogen-bond acceptors (Lipinski definition) is 3. The van der Waals surface area contributed by atoms with E-state index in [9.17, 15) is 4.79 Å². The van der Waals surface area contributed by atoms with E-state index in [1.54, 1.807) is 5.48 Å². The third-order valence-corrected chi connectivity index (χ3v) is 6.67.